The van der Waals surface area contributed by atoms with Gasteiger partial charge in [-0.2, -0.15) is 0 Å². The third kappa shape index (κ3) is 4.71. The number of nitrogens with one attached hydrogen (secondary N) is 1. The zero-order chi connectivity index (χ0) is 16.1. The Morgan fingerprint density at radius 2 is 1.95 bits per heavy atom. The summed E-state index contributed by atoms with van der Waals surface area (Å²) in [6.07, 6.45) is 4.71. The van der Waals surface area contributed by atoms with Gasteiger partial charge in [0.05, 0.1) is 0 Å². The minimum absolute atomic E-state index is 0.0236. The van der Waals surface area contributed by atoms with Crippen LogP contribution < -0.4 is 5.32 Å². The molecule has 0 spiro atoms. The van der Waals surface area contributed by atoms with Gasteiger partial charge in [-0.05, 0) is 57.6 Å². The highest BCUT2D eigenvalue weighted by Gasteiger charge is 2.26. The lowest BCUT2D eigenvalue weighted by Gasteiger charge is -2.30. The van der Waals surface area contributed by atoms with Crippen molar-refractivity contribution in [1.82, 2.24) is 9.80 Å². The van der Waals surface area contributed by atoms with Crippen molar-refractivity contribution in [3.8, 4) is 0 Å². The van der Waals surface area contributed by atoms with Crippen LogP contribution in [-0.4, -0.2) is 49.1 Å². The van der Waals surface area contributed by atoms with Gasteiger partial charge in [0.1, 0.15) is 0 Å². The van der Waals surface area contributed by atoms with Gasteiger partial charge in [0.2, 0.25) is 0 Å². The quantitative estimate of drug-likeness (QED) is 0.850. The molecule has 2 amide bonds. The van der Waals surface area contributed by atoms with Crippen LogP contribution in [0, 0.1) is 6.92 Å². The summed E-state index contributed by atoms with van der Waals surface area (Å²) in [6, 6.07) is 6.33. The first-order valence-corrected chi connectivity index (χ1v) is 8.75. The zero-order valence-corrected chi connectivity index (χ0v) is 15.3. The molecule has 0 radical (unpaired) electrons. The van der Waals surface area contributed by atoms with E-state index in [4.69, 9.17) is 0 Å². The van der Waals surface area contributed by atoms with Gasteiger partial charge in [0, 0.05) is 29.3 Å². The highest BCUT2D eigenvalue weighted by molar-refractivity contribution is 9.10. The number of rotatable bonds is 5. The maximum Gasteiger partial charge on any atom is 0.322 e. The molecule has 1 aliphatic rings. The van der Waals surface area contributed by atoms with Crippen LogP contribution in [0.2, 0.25) is 0 Å². The molecule has 5 heteroatoms. The van der Waals surface area contributed by atoms with E-state index in [-0.39, 0.29) is 6.03 Å². The van der Waals surface area contributed by atoms with Gasteiger partial charge in [0.15, 0.2) is 0 Å². The van der Waals surface area contributed by atoms with E-state index >= 15 is 0 Å². The van der Waals surface area contributed by atoms with Crippen molar-refractivity contribution in [3.05, 3.63) is 28.2 Å². The largest absolute Gasteiger partial charge is 0.322 e. The van der Waals surface area contributed by atoms with Crippen LogP contribution in [0.5, 0.6) is 0 Å². The summed E-state index contributed by atoms with van der Waals surface area (Å²) < 4.78 is 1.06. The molecule has 1 N–H and O–H groups in total. The maximum atomic E-state index is 12.7. The number of nitrogens with zero attached hydrogens (tertiary/aromatic N) is 2. The predicted molar refractivity (Wildman–Crippen MR) is 95.4 cm³/mol. The molecule has 2 rings (SSSR count). The summed E-state index contributed by atoms with van der Waals surface area (Å²) in [7, 11) is 4.09. The van der Waals surface area contributed by atoms with Crippen LogP contribution in [-0.2, 0) is 0 Å². The first-order chi connectivity index (χ1) is 10.5. The summed E-state index contributed by atoms with van der Waals surface area (Å²) in [5, 5.41) is 3.06. The molecule has 1 aliphatic carbocycles. The minimum atomic E-state index is 0.0236. The second kappa shape index (κ2) is 7.97. The number of hydrogen-bond donors (Lipinski definition) is 1. The van der Waals surface area contributed by atoms with Gasteiger partial charge in [-0.25, -0.2) is 4.79 Å². The standard InChI is InChI=1S/C17H26BrN3O/c1-13-12-14(8-9-16(13)18)19-17(22)21(11-10-20(2)3)15-6-4-5-7-15/h8-9,12,15H,4-7,10-11H2,1-3H3,(H,19,22). The van der Waals surface area contributed by atoms with E-state index in [1.807, 2.05) is 44.1 Å². The van der Waals surface area contributed by atoms with Gasteiger partial charge in [-0.3, -0.25) is 0 Å². The van der Waals surface area contributed by atoms with Crippen LogP contribution in [0.15, 0.2) is 22.7 Å². The lowest BCUT2D eigenvalue weighted by atomic mass is 10.2. The van der Waals surface area contributed by atoms with Crippen molar-refractivity contribution in [1.29, 1.82) is 0 Å². The maximum absolute atomic E-state index is 12.7. The van der Waals surface area contributed by atoms with E-state index in [2.05, 4.69) is 26.1 Å². The molecule has 0 unspecified atom stereocenters. The van der Waals surface area contributed by atoms with E-state index in [0.717, 1.165) is 41.7 Å². The summed E-state index contributed by atoms with van der Waals surface area (Å²) in [5.74, 6) is 0. The number of hydrogen-bond acceptors (Lipinski definition) is 2. The molecule has 0 bridgehead atoms. The molecule has 0 aromatic heterocycles. The van der Waals surface area contributed by atoms with Crippen molar-refractivity contribution in [2.24, 2.45) is 0 Å². The fourth-order valence-corrected chi connectivity index (χ4v) is 3.14. The topological polar surface area (TPSA) is 35.6 Å². The van der Waals surface area contributed by atoms with Gasteiger partial charge in [-0.1, -0.05) is 28.8 Å². The summed E-state index contributed by atoms with van der Waals surface area (Å²) in [6.45, 7) is 3.70. The minimum Gasteiger partial charge on any atom is -0.320 e. The fourth-order valence-electron chi connectivity index (χ4n) is 2.89. The Kier molecular flexibility index (Phi) is 6.26. The second-order valence-electron chi connectivity index (χ2n) is 6.33. The molecule has 1 saturated carbocycles. The average molecular weight is 368 g/mol. The third-order valence-corrected chi connectivity index (χ3v) is 5.11. The van der Waals surface area contributed by atoms with Crippen molar-refractivity contribution in [2.75, 3.05) is 32.5 Å². The number of likely N-dealkylation sites (N-methyl/N-ethyl adjacent to an activating group) is 1. The van der Waals surface area contributed by atoms with Gasteiger partial charge >= 0.3 is 6.03 Å². The van der Waals surface area contributed by atoms with Gasteiger partial charge in [-0.15, -0.1) is 0 Å². The van der Waals surface area contributed by atoms with Crippen molar-refractivity contribution >= 4 is 27.6 Å². The third-order valence-electron chi connectivity index (χ3n) is 4.22. The van der Waals surface area contributed by atoms with E-state index in [1.165, 1.54) is 12.8 Å². The van der Waals surface area contributed by atoms with E-state index < -0.39 is 0 Å². The monoisotopic (exact) mass is 367 g/mol. The molecule has 1 aromatic rings. The molecule has 4 nitrogen and oxygen atoms in total. The lowest BCUT2D eigenvalue weighted by Crippen LogP contribution is -2.44. The summed E-state index contributed by atoms with van der Waals surface area (Å²) in [5.41, 5.74) is 1.98. The first-order valence-electron chi connectivity index (χ1n) is 7.96. The molecule has 0 heterocycles. The molecule has 122 valence electrons. The number of urea groups is 1. The Morgan fingerprint density at radius 1 is 1.27 bits per heavy atom. The molecule has 1 aromatic carbocycles. The normalized spacial score (nSPS) is 15.3. The highest BCUT2D eigenvalue weighted by Crippen LogP contribution is 2.25. The Morgan fingerprint density at radius 3 is 2.55 bits per heavy atom. The number of carbonyl (C=O) groups is 1. The smallest absolute Gasteiger partial charge is 0.320 e. The molecule has 22 heavy (non-hydrogen) atoms. The molecular formula is C17H26BrN3O. The van der Waals surface area contributed by atoms with Crippen LogP contribution in [0.25, 0.3) is 0 Å². The number of benzene rings is 1. The Labute approximate surface area is 142 Å². The van der Waals surface area contributed by atoms with Crippen molar-refractivity contribution in [2.45, 2.75) is 38.6 Å². The number of carbonyl (C=O) groups excluding carboxylic acids is 1. The average Bonchev–Trinajstić information content (AvgIpc) is 2.97. The Hall–Kier alpha value is -1.07. The number of anilines is 1. The van der Waals surface area contributed by atoms with Gasteiger partial charge < -0.3 is 15.1 Å². The van der Waals surface area contributed by atoms with Crippen LogP contribution in [0.4, 0.5) is 10.5 Å². The predicted octanol–water partition coefficient (Wildman–Crippen LogP) is 4.10. The summed E-state index contributed by atoms with van der Waals surface area (Å²) in [4.78, 5) is 16.8. The van der Waals surface area contributed by atoms with Crippen molar-refractivity contribution < 1.29 is 4.79 Å². The second-order valence-corrected chi connectivity index (χ2v) is 7.18. The Bertz CT molecular complexity index is 513. The Balaban J connectivity index is 2.04. The summed E-state index contributed by atoms with van der Waals surface area (Å²) >= 11 is 3.49. The molecule has 0 aliphatic heterocycles. The van der Waals surface area contributed by atoms with E-state index in [1.54, 1.807) is 0 Å². The van der Waals surface area contributed by atoms with Crippen molar-refractivity contribution in [3.63, 3.8) is 0 Å². The van der Waals surface area contributed by atoms with E-state index in [0.29, 0.717) is 6.04 Å². The molecular weight excluding hydrogens is 342 g/mol. The molecule has 0 saturated heterocycles. The number of aryl methyl sites for hydroxylation is 1. The SMILES string of the molecule is Cc1cc(NC(=O)N(CCN(C)C)C2CCCC2)ccc1Br. The molecule has 1 fully saturated rings. The number of halogens is 1. The van der Waals surface area contributed by atoms with Crippen LogP contribution >= 0.6 is 15.9 Å². The highest BCUT2D eigenvalue weighted by atomic mass is 79.9. The first kappa shape index (κ1) is 17.3. The van der Waals surface area contributed by atoms with Crippen LogP contribution in [0.1, 0.15) is 31.2 Å². The van der Waals surface area contributed by atoms with Crippen LogP contribution in [0.3, 0.4) is 0 Å². The fraction of sp³-hybridized carbons (Fsp3) is 0.588. The lowest BCUT2D eigenvalue weighted by molar-refractivity contribution is 0.180. The van der Waals surface area contributed by atoms with Gasteiger partial charge in [0.25, 0.3) is 0 Å². The number of amides is 2. The zero-order valence-electron chi connectivity index (χ0n) is 13.7. The van der Waals surface area contributed by atoms with E-state index in [9.17, 15) is 4.79 Å². The molecule has 0 atom stereocenters.